The van der Waals surface area contributed by atoms with Crippen LogP contribution in [-0.2, 0) is 4.79 Å². The Labute approximate surface area is 82.8 Å². The first kappa shape index (κ1) is 9.62. The summed E-state index contributed by atoms with van der Waals surface area (Å²) in [7, 11) is 0. The monoisotopic (exact) mass is 197 g/mol. The number of carbonyl (C=O) groups excluding carboxylic acids is 1. The standard InChI is InChI=1S/C10H15NO3/c12-10-5-9(6-11(13)14)7-2-1-3-8(10)4-7/h7-9H,1-6H2. The van der Waals surface area contributed by atoms with Crippen molar-refractivity contribution in [3.05, 3.63) is 10.1 Å². The van der Waals surface area contributed by atoms with E-state index in [1.165, 1.54) is 0 Å². The van der Waals surface area contributed by atoms with Gasteiger partial charge in [-0.05, 0) is 25.2 Å². The highest BCUT2D eigenvalue weighted by Crippen LogP contribution is 2.41. The molecular formula is C10H15NO3. The highest BCUT2D eigenvalue weighted by molar-refractivity contribution is 5.82. The van der Waals surface area contributed by atoms with Crippen LogP contribution < -0.4 is 0 Å². The van der Waals surface area contributed by atoms with Crippen LogP contribution in [0, 0.1) is 27.9 Å². The van der Waals surface area contributed by atoms with Crippen molar-refractivity contribution in [3.63, 3.8) is 0 Å². The van der Waals surface area contributed by atoms with E-state index in [2.05, 4.69) is 0 Å². The zero-order chi connectivity index (χ0) is 10.1. The van der Waals surface area contributed by atoms with Gasteiger partial charge in [0, 0.05) is 23.2 Å². The molecule has 0 aromatic heterocycles. The molecule has 2 rings (SSSR count). The van der Waals surface area contributed by atoms with Gasteiger partial charge in [-0.3, -0.25) is 14.9 Å². The van der Waals surface area contributed by atoms with Crippen molar-refractivity contribution in [2.24, 2.45) is 17.8 Å². The molecule has 4 nitrogen and oxygen atoms in total. The molecule has 3 unspecified atom stereocenters. The Kier molecular flexibility index (Phi) is 2.52. The van der Waals surface area contributed by atoms with Crippen molar-refractivity contribution >= 4 is 5.78 Å². The number of carbonyl (C=O) groups is 1. The minimum atomic E-state index is -0.271. The van der Waals surface area contributed by atoms with Crippen molar-refractivity contribution in [1.82, 2.24) is 0 Å². The predicted octanol–water partition coefficient (Wildman–Crippen LogP) is 1.66. The van der Waals surface area contributed by atoms with E-state index in [1.807, 2.05) is 0 Å². The summed E-state index contributed by atoms with van der Waals surface area (Å²) in [6.07, 6.45) is 4.55. The maximum atomic E-state index is 11.6. The first-order valence-corrected chi connectivity index (χ1v) is 5.31. The molecule has 2 fully saturated rings. The van der Waals surface area contributed by atoms with Crippen molar-refractivity contribution < 1.29 is 9.72 Å². The third-order valence-electron chi connectivity index (χ3n) is 3.68. The number of Topliss-reactive ketones (excluding diaryl/α,β-unsaturated/α-hetero) is 1. The van der Waals surface area contributed by atoms with Crippen LogP contribution in [0.15, 0.2) is 0 Å². The summed E-state index contributed by atoms with van der Waals surface area (Å²) in [4.78, 5) is 21.7. The molecular weight excluding hydrogens is 182 g/mol. The molecule has 0 aliphatic heterocycles. The van der Waals surface area contributed by atoms with Crippen LogP contribution in [0.3, 0.4) is 0 Å². The Hall–Kier alpha value is -0.930. The molecule has 0 radical (unpaired) electrons. The fourth-order valence-corrected chi connectivity index (χ4v) is 2.95. The molecule has 0 N–H and O–H groups in total. The predicted molar refractivity (Wildman–Crippen MR) is 50.4 cm³/mol. The summed E-state index contributed by atoms with van der Waals surface area (Å²) in [5.74, 6) is 0.968. The molecule has 0 aromatic rings. The first-order valence-electron chi connectivity index (χ1n) is 5.31. The van der Waals surface area contributed by atoms with Gasteiger partial charge in [-0.1, -0.05) is 6.42 Å². The Morgan fingerprint density at radius 3 is 2.93 bits per heavy atom. The second-order valence-electron chi connectivity index (χ2n) is 4.57. The van der Waals surface area contributed by atoms with Gasteiger partial charge in [0.1, 0.15) is 5.78 Å². The lowest BCUT2D eigenvalue weighted by molar-refractivity contribution is -0.490. The van der Waals surface area contributed by atoms with E-state index < -0.39 is 0 Å². The van der Waals surface area contributed by atoms with Gasteiger partial charge in [0.2, 0.25) is 6.54 Å². The van der Waals surface area contributed by atoms with Gasteiger partial charge in [-0.15, -0.1) is 0 Å². The lowest BCUT2D eigenvalue weighted by atomic mass is 9.66. The number of nitrogens with zero attached hydrogens (tertiary/aromatic N) is 1. The van der Waals surface area contributed by atoms with E-state index in [4.69, 9.17) is 0 Å². The number of hydrogen-bond donors (Lipinski definition) is 0. The second kappa shape index (κ2) is 3.67. The topological polar surface area (TPSA) is 60.2 Å². The molecule has 4 heteroatoms. The fraction of sp³-hybridized carbons (Fsp3) is 0.900. The Bertz CT molecular complexity index is 264. The molecule has 3 atom stereocenters. The van der Waals surface area contributed by atoms with Crippen molar-refractivity contribution in [2.75, 3.05) is 6.54 Å². The summed E-state index contributed by atoms with van der Waals surface area (Å²) in [5, 5.41) is 10.4. The smallest absolute Gasteiger partial charge is 0.207 e. The highest BCUT2D eigenvalue weighted by atomic mass is 16.6. The molecule has 78 valence electrons. The number of fused-ring (bicyclic) bond motifs is 2. The quantitative estimate of drug-likeness (QED) is 0.499. The largest absolute Gasteiger partial charge is 0.299 e. The molecule has 0 spiro atoms. The molecule has 2 saturated carbocycles. The van der Waals surface area contributed by atoms with Gasteiger partial charge < -0.3 is 0 Å². The normalized spacial score (nSPS) is 36.9. The van der Waals surface area contributed by atoms with E-state index in [1.54, 1.807) is 0 Å². The van der Waals surface area contributed by atoms with E-state index in [-0.39, 0.29) is 29.1 Å². The van der Waals surface area contributed by atoms with Crippen LogP contribution in [0.25, 0.3) is 0 Å². The summed E-state index contributed by atoms with van der Waals surface area (Å²) in [5.41, 5.74) is 0. The molecule has 2 aliphatic rings. The summed E-state index contributed by atoms with van der Waals surface area (Å²) >= 11 is 0. The number of rotatable bonds is 2. The van der Waals surface area contributed by atoms with Gasteiger partial charge in [0.05, 0.1) is 0 Å². The zero-order valence-electron chi connectivity index (χ0n) is 8.15. The zero-order valence-corrected chi connectivity index (χ0v) is 8.15. The van der Waals surface area contributed by atoms with Crippen molar-refractivity contribution in [1.29, 1.82) is 0 Å². The lowest BCUT2D eigenvalue weighted by Gasteiger charge is -2.37. The molecule has 2 bridgehead atoms. The third kappa shape index (κ3) is 1.79. The van der Waals surface area contributed by atoms with Crippen LogP contribution in [0.1, 0.15) is 32.1 Å². The minimum Gasteiger partial charge on any atom is -0.299 e. The van der Waals surface area contributed by atoms with Crippen molar-refractivity contribution in [2.45, 2.75) is 32.1 Å². The number of ketones is 1. The Morgan fingerprint density at radius 1 is 1.43 bits per heavy atom. The number of hydrogen-bond acceptors (Lipinski definition) is 3. The van der Waals surface area contributed by atoms with Crippen LogP contribution in [0.4, 0.5) is 0 Å². The molecule has 14 heavy (non-hydrogen) atoms. The maximum absolute atomic E-state index is 11.6. The van der Waals surface area contributed by atoms with Crippen molar-refractivity contribution in [3.8, 4) is 0 Å². The fourth-order valence-electron chi connectivity index (χ4n) is 2.95. The van der Waals surface area contributed by atoms with E-state index in [0.717, 1.165) is 25.7 Å². The van der Waals surface area contributed by atoms with Gasteiger partial charge in [-0.25, -0.2) is 0 Å². The van der Waals surface area contributed by atoms with E-state index in [0.29, 0.717) is 12.3 Å². The number of nitro groups is 1. The summed E-state index contributed by atoms with van der Waals surface area (Å²) in [6.45, 7) is -0.0108. The second-order valence-corrected chi connectivity index (χ2v) is 4.57. The molecule has 2 aliphatic carbocycles. The first-order chi connectivity index (χ1) is 6.66. The molecule has 0 heterocycles. The highest BCUT2D eigenvalue weighted by Gasteiger charge is 2.40. The third-order valence-corrected chi connectivity index (χ3v) is 3.68. The summed E-state index contributed by atoms with van der Waals surface area (Å²) < 4.78 is 0. The van der Waals surface area contributed by atoms with Gasteiger partial charge in [0.25, 0.3) is 0 Å². The maximum Gasteiger partial charge on any atom is 0.207 e. The average Bonchev–Trinajstić information content (AvgIpc) is 2.14. The molecule has 0 aromatic carbocycles. The van der Waals surface area contributed by atoms with Crippen LogP contribution in [0.5, 0.6) is 0 Å². The lowest BCUT2D eigenvalue weighted by Crippen LogP contribution is -2.38. The van der Waals surface area contributed by atoms with Crippen LogP contribution in [0.2, 0.25) is 0 Å². The Balaban J connectivity index is 2.04. The van der Waals surface area contributed by atoms with Crippen LogP contribution in [-0.4, -0.2) is 17.3 Å². The van der Waals surface area contributed by atoms with Gasteiger partial charge in [-0.2, -0.15) is 0 Å². The molecule has 0 amide bonds. The molecule has 0 saturated heterocycles. The van der Waals surface area contributed by atoms with Gasteiger partial charge in [0.15, 0.2) is 0 Å². The van der Waals surface area contributed by atoms with E-state index in [9.17, 15) is 14.9 Å². The SMILES string of the molecule is O=C1CC(C[N+](=O)[O-])C2CCCC1C2. The van der Waals surface area contributed by atoms with E-state index >= 15 is 0 Å². The minimum absolute atomic E-state index is 0.0108. The van der Waals surface area contributed by atoms with Crippen LogP contribution >= 0.6 is 0 Å². The van der Waals surface area contributed by atoms with Gasteiger partial charge >= 0.3 is 0 Å². The average molecular weight is 197 g/mol. The summed E-state index contributed by atoms with van der Waals surface area (Å²) in [6, 6.07) is 0. The Morgan fingerprint density at radius 2 is 2.21 bits per heavy atom.